The van der Waals surface area contributed by atoms with Crippen LogP contribution in [0.2, 0.25) is 0 Å². The van der Waals surface area contributed by atoms with Crippen LogP contribution in [-0.2, 0) is 18.4 Å². The Labute approximate surface area is 168 Å². The number of amides is 1. The number of hydrogen-bond acceptors (Lipinski definition) is 5. The van der Waals surface area contributed by atoms with E-state index >= 15 is 0 Å². The molecule has 3 aromatic rings. The molecule has 0 aliphatic heterocycles. The van der Waals surface area contributed by atoms with Gasteiger partial charge in [-0.25, -0.2) is 0 Å². The van der Waals surface area contributed by atoms with Crippen LogP contribution in [0.5, 0.6) is 0 Å². The highest BCUT2D eigenvalue weighted by molar-refractivity contribution is 7.99. The molecule has 1 aromatic carbocycles. The molecule has 2 aromatic heterocycles. The predicted octanol–water partition coefficient (Wildman–Crippen LogP) is 3.99. The lowest BCUT2D eigenvalue weighted by Gasteiger charge is -2.29. The van der Waals surface area contributed by atoms with Gasteiger partial charge in [0.15, 0.2) is 16.7 Å². The highest BCUT2D eigenvalue weighted by Crippen LogP contribution is 2.36. The zero-order chi connectivity index (χ0) is 19.5. The van der Waals surface area contributed by atoms with Gasteiger partial charge in [0.1, 0.15) is 0 Å². The van der Waals surface area contributed by atoms with Gasteiger partial charge in [-0.2, -0.15) is 0 Å². The molecule has 0 radical (unpaired) electrons. The molecule has 0 spiro atoms. The van der Waals surface area contributed by atoms with Gasteiger partial charge in [0.2, 0.25) is 5.91 Å². The lowest BCUT2D eigenvalue weighted by molar-refractivity contribution is -0.131. The molecular weight excluding hydrogens is 372 g/mol. The standard InChI is InChI=1S/C21H24N4O2S/c1-15(17-10-11-17)25(13-16-7-4-3-5-8-16)19(26)14-28-21-23-22-20(24(21)2)18-9-6-12-27-18/h3-9,12,15,17H,10-11,13-14H2,1-2H3. The van der Waals surface area contributed by atoms with E-state index in [2.05, 4.69) is 29.3 Å². The Kier molecular flexibility index (Phi) is 5.52. The maximum atomic E-state index is 13.1. The van der Waals surface area contributed by atoms with Crippen LogP contribution in [0.3, 0.4) is 0 Å². The van der Waals surface area contributed by atoms with Gasteiger partial charge in [0.25, 0.3) is 0 Å². The van der Waals surface area contributed by atoms with Gasteiger partial charge in [0, 0.05) is 19.6 Å². The topological polar surface area (TPSA) is 64.2 Å². The molecule has 0 bridgehead atoms. The molecule has 1 aliphatic carbocycles. The highest BCUT2D eigenvalue weighted by Gasteiger charge is 2.34. The molecule has 1 atom stereocenters. The van der Waals surface area contributed by atoms with E-state index in [4.69, 9.17) is 4.42 Å². The lowest BCUT2D eigenvalue weighted by Crippen LogP contribution is -2.40. The van der Waals surface area contributed by atoms with Crippen LogP contribution in [0.4, 0.5) is 0 Å². The van der Waals surface area contributed by atoms with Crippen LogP contribution < -0.4 is 0 Å². The summed E-state index contributed by atoms with van der Waals surface area (Å²) >= 11 is 1.42. The third-order valence-electron chi connectivity index (χ3n) is 5.21. The zero-order valence-electron chi connectivity index (χ0n) is 16.1. The molecule has 1 aliphatic rings. The molecule has 4 rings (SSSR count). The third kappa shape index (κ3) is 4.14. The van der Waals surface area contributed by atoms with Crippen molar-refractivity contribution in [2.75, 3.05) is 5.75 Å². The Morgan fingerprint density at radius 1 is 1.25 bits per heavy atom. The van der Waals surface area contributed by atoms with Crippen LogP contribution in [0.1, 0.15) is 25.3 Å². The van der Waals surface area contributed by atoms with Crippen LogP contribution in [-0.4, -0.2) is 37.4 Å². The summed E-state index contributed by atoms with van der Waals surface area (Å²) in [6.07, 6.45) is 4.03. The van der Waals surface area contributed by atoms with E-state index < -0.39 is 0 Å². The maximum absolute atomic E-state index is 13.1. The minimum atomic E-state index is 0.135. The SMILES string of the molecule is CC(C1CC1)N(Cc1ccccc1)C(=O)CSc1nnc(-c2ccco2)n1C. The Bertz CT molecular complexity index is 919. The number of carbonyl (C=O) groups excluding carboxylic acids is 1. The second-order valence-electron chi connectivity index (χ2n) is 7.22. The van der Waals surface area contributed by atoms with Crippen molar-refractivity contribution < 1.29 is 9.21 Å². The summed E-state index contributed by atoms with van der Waals surface area (Å²) in [6, 6.07) is 14.1. The summed E-state index contributed by atoms with van der Waals surface area (Å²) in [5.41, 5.74) is 1.16. The second-order valence-corrected chi connectivity index (χ2v) is 8.16. The number of aromatic nitrogens is 3. The van der Waals surface area contributed by atoms with Gasteiger partial charge < -0.3 is 13.9 Å². The summed E-state index contributed by atoms with van der Waals surface area (Å²) in [5, 5.41) is 9.13. The number of furan rings is 1. The minimum Gasteiger partial charge on any atom is -0.461 e. The van der Waals surface area contributed by atoms with Gasteiger partial charge in [0.05, 0.1) is 12.0 Å². The fourth-order valence-corrected chi connectivity index (χ4v) is 4.14. The molecule has 1 unspecified atom stereocenters. The van der Waals surface area contributed by atoms with E-state index in [0.29, 0.717) is 35.0 Å². The van der Waals surface area contributed by atoms with E-state index in [-0.39, 0.29) is 11.9 Å². The Morgan fingerprint density at radius 2 is 2.04 bits per heavy atom. The average molecular weight is 397 g/mol. The number of benzene rings is 1. The first-order chi connectivity index (χ1) is 13.6. The number of hydrogen-bond donors (Lipinski definition) is 0. The summed E-state index contributed by atoms with van der Waals surface area (Å²) in [6.45, 7) is 2.81. The molecule has 2 heterocycles. The number of carbonyl (C=O) groups is 1. The van der Waals surface area contributed by atoms with E-state index in [9.17, 15) is 4.79 Å². The summed E-state index contributed by atoms with van der Waals surface area (Å²) < 4.78 is 7.26. The van der Waals surface area contributed by atoms with Crippen LogP contribution in [0.15, 0.2) is 58.3 Å². The normalized spacial score (nSPS) is 14.8. The van der Waals surface area contributed by atoms with Crippen molar-refractivity contribution in [1.82, 2.24) is 19.7 Å². The number of thioether (sulfide) groups is 1. The third-order valence-corrected chi connectivity index (χ3v) is 6.22. The smallest absolute Gasteiger partial charge is 0.233 e. The first kappa shape index (κ1) is 18.8. The molecule has 1 fully saturated rings. The fraction of sp³-hybridized carbons (Fsp3) is 0.381. The van der Waals surface area contributed by atoms with Crippen LogP contribution in [0, 0.1) is 5.92 Å². The molecule has 0 N–H and O–H groups in total. The second kappa shape index (κ2) is 8.22. The summed E-state index contributed by atoms with van der Waals surface area (Å²) in [5.74, 6) is 2.43. The predicted molar refractivity (Wildman–Crippen MR) is 109 cm³/mol. The Morgan fingerprint density at radius 3 is 2.71 bits per heavy atom. The minimum absolute atomic E-state index is 0.135. The molecule has 1 amide bonds. The van der Waals surface area contributed by atoms with Crippen molar-refractivity contribution in [3.8, 4) is 11.6 Å². The van der Waals surface area contributed by atoms with Crippen molar-refractivity contribution >= 4 is 17.7 Å². The Hall–Kier alpha value is -2.54. The largest absolute Gasteiger partial charge is 0.461 e. The fourth-order valence-electron chi connectivity index (χ4n) is 3.34. The van der Waals surface area contributed by atoms with Crippen molar-refractivity contribution in [2.24, 2.45) is 13.0 Å². The van der Waals surface area contributed by atoms with Crippen molar-refractivity contribution in [3.63, 3.8) is 0 Å². The highest BCUT2D eigenvalue weighted by atomic mass is 32.2. The maximum Gasteiger partial charge on any atom is 0.233 e. The van der Waals surface area contributed by atoms with E-state index in [0.717, 1.165) is 5.56 Å². The first-order valence-electron chi connectivity index (χ1n) is 9.53. The summed E-state index contributed by atoms with van der Waals surface area (Å²) in [7, 11) is 1.89. The van der Waals surface area contributed by atoms with Gasteiger partial charge in [-0.1, -0.05) is 42.1 Å². The molecule has 0 saturated heterocycles. The number of rotatable bonds is 8. The van der Waals surface area contributed by atoms with Crippen LogP contribution in [0.25, 0.3) is 11.6 Å². The lowest BCUT2D eigenvalue weighted by atomic mass is 10.1. The van der Waals surface area contributed by atoms with Crippen LogP contribution >= 0.6 is 11.8 Å². The zero-order valence-corrected chi connectivity index (χ0v) is 16.9. The van der Waals surface area contributed by atoms with Gasteiger partial charge in [-0.15, -0.1) is 10.2 Å². The number of nitrogens with zero attached hydrogens (tertiary/aromatic N) is 4. The first-order valence-corrected chi connectivity index (χ1v) is 10.5. The van der Waals surface area contributed by atoms with E-state index in [1.165, 1.54) is 24.6 Å². The molecular formula is C21H24N4O2S. The van der Waals surface area contributed by atoms with Crippen molar-refractivity contribution in [2.45, 2.75) is 37.5 Å². The molecule has 7 heteroatoms. The molecule has 1 saturated carbocycles. The molecule has 146 valence electrons. The van der Waals surface area contributed by atoms with E-state index in [1.54, 1.807) is 6.26 Å². The quantitative estimate of drug-likeness (QED) is 0.539. The molecule has 6 nitrogen and oxygen atoms in total. The summed E-state index contributed by atoms with van der Waals surface area (Å²) in [4.78, 5) is 15.1. The van der Waals surface area contributed by atoms with Gasteiger partial charge in [-0.3, -0.25) is 4.79 Å². The Balaban J connectivity index is 1.44. The van der Waals surface area contributed by atoms with Gasteiger partial charge in [-0.05, 0) is 43.4 Å². The van der Waals surface area contributed by atoms with Gasteiger partial charge >= 0.3 is 0 Å². The average Bonchev–Trinajstić information content (AvgIpc) is 3.30. The molecule has 28 heavy (non-hydrogen) atoms. The van der Waals surface area contributed by atoms with Crippen molar-refractivity contribution in [1.29, 1.82) is 0 Å². The van der Waals surface area contributed by atoms with Crippen molar-refractivity contribution in [3.05, 3.63) is 54.3 Å². The van der Waals surface area contributed by atoms with E-state index in [1.807, 2.05) is 46.8 Å². The monoisotopic (exact) mass is 396 g/mol.